The summed E-state index contributed by atoms with van der Waals surface area (Å²) in [7, 11) is 3.68. The Kier molecular flexibility index (Phi) is 4.11. The van der Waals surface area contributed by atoms with Crippen LogP contribution in [0, 0.1) is 0 Å². The molecule has 1 N–H and O–H groups in total. The number of ether oxygens (including phenoxy) is 1. The van der Waals surface area contributed by atoms with Crippen molar-refractivity contribution in [2.24, 2.45) is 7.05 Å². The molecule has 4 heteroatoms. The Morgan fingerprint density at radius 3 is 2.59 bits per heavy atom. The van der Waals surface area contributed by atoms with Crippen molar-refractivity contribution in [2.45, 2.75) is 19.5 Å². The van der Waals surface area contributed by atoms with Crippen molar-refractivity contribution >= 4 is 10.8 Å². The molecule has 1 aromatic heterocycles. The Labute approximate surface area is 130 Å². The first-order valence-electron chi connectivity index (χ1n) is 7.46. The van der Waals surface area contributed by atoms with Crippen LogP contribution in [0.25, 0.3) is 10.8 Å². The summed E-state index contributed by atoms with van der Waals surface area (Å²) in [6.07, 6.45) is 1.82. The van der Waals surface area contributed by atoms with Crippen LogP contribution < -0.4 is 10.1 Å². The number of methoxy groups -OCH3 is 1. The van der Waals surface area contributed by atoms with Crippen LogP contribution in [0.3, 0.4) is 0 Å². The lowest BCUT2D eigenvalue weighted by Crippen LogP contribution is -2.20. The van der Waals surface area contributed by atoms with Crippen LogP contribution in [-0.2, 0) is 13.6 Å². The minimum atomic E-state index is 0.241. The molecular formula is C18H21N3O. The average Bonchev–Trinajstić information content (AvgIpc) is 2.96. The largest absolute Gasteiger partial charge is 0.496 e. The predicted molar refractivity (Wildman–Crippen MR) is 89.0 cm³/mol. The summed E-state index contributed by atoms with van der Waals surface area (Å²) in [5.74, 6) is 0.915. The molecule has 1 heterocycles. The van der Waals surface area contributed by atoms with E-state index in [0.29, 0.717) is 0 Å². The first-order chi connectivity index (χ1) is 10.7. The molecule has 0 fully saturated rings. The molecule has 0 radical (unpaired) electrons. The minimum Gasteiger partial charge on any atom is -0.496 e. The van der Waals surface area contributed by atoms with Crippen LogP contribution in [0.5, 0.6) is 5.75 Å². The molecule has 0 unspecified atom stereocenters. The number of nitrogens with zero attached hydrogens (tertiary/aromatic N) is 2. The molecular weight excluding hydrogens is 274 g/mol. The Bertz CT molecular complexity index is 779. The molecule has 22 heavy (non-hydrogen) atoms. The quantitative estimate of drug-likeness (QED) is 0.784. The number of nitrogens with one attached hydrogen (secondary N) is 1. The van der Waals surface area contributed by atoms with Gasteiger partial charge in [0.2, 0.25) is 0 Å². The van der Waals surface area contributed by atoms with Crippen molar-refractivity contribution in [3.05, 3.63) is 59.9 Å². The molecule has 0 aliphatic heterocycles. The van der Waals surface area contributed by atoms with Gasteiger partial charge in [-0.2, -0.15) is 5.10 Å². The molecule has 114 valence electrons. The molecule has 0 aliphatic rings. The van der Waals surface area contributed by atoms with Crippen molar-refractivity contribution in [1.29, 1.82) is 0 Å². The van der Waals surface area contributed by atoms with Gasteiger partial charge >= 0.3 is 0 Å². The summed E-state index contributed by atoms with van der Waals surface area (Å²) in [5, 5.41) is 10.1. The van der Waals surface area contributed by atoms with Gasteiger partial charge in [-0.15, -0.1) is 0 Å². The Balaban J connectivity index is 1.88. The van der Waals surface area contributed by atoms with Crippen LogP contribution in [0.15, 0.2) is 48.7 Å². The molecule has 4 nitrogen and oxygen atoms in total. The van der Waals surface area contributed by atoms with Crippen LogP contribution in [0.1, 0.15) is 24.2 Å². The highest BCUT2D eigenvalue weighted by Gasteiger charge is 2.12. The summed E-state index contributed by atoms with van der Waals surface area (Å²) in [6, 6.07) is 14.8. The fourth-order valence-electron chi connectivity index (χ4n) is 2.79. The summed E-state index contributed by atoms with van der Waals surface area (Å²) < 4.78 is 7.36. The van der Waals surface area contributed by atoms with E-state index in [4.69, 9.17) is 4.74 Å². The van der Waals surface area contributed by atoms with Gasteiger partial charge in [0.25, 0.3) is 0 Å². The van der Waals surface area contributed by atoms with E-state index in [2.05, 4.69) is 41.6 Å². The number of fused-ring (bicyclic) bond motifs is 1. The molecule has 1 atom stereocenters. The highest BCUT2D eigenvalue weighted by molar-refractivity contribution is 5.91. The van der Waals surface area contributed by atoms with Gasteiger partial charge in [0.15, 0.2) is 0 Å². The summed E-state index contributed by atoms with van der Waals surface area (Å²) in [4.78, 5) is 0. The standard InChI is InChI=1S/C18H21N3O/c1-13(19-12-14-10-11-20-21(14)2)15-8-9-18(22-3)17-7-5-4-6-16(15)17/h4-11,13,19H,12H2,1-3H3/t13-/m0/s1. The van der Waals surface area contributed by atoms with Crippen molar-refractivity contribution in [3.8, 4) is 5.75 Å². The number of aryl methyl sites for hydroxylation is 1. The topological polar surface area (TPSA) is 39.1 Å². The number of rotatable bonds is 5. The van der Waals surface area contributed by atoms with E-state index in [-0.39, 0.29) is 6.04 Å². The van der Waals surface area contributed by atoms with Crippen molar-refractivity contribution in [3.63, 3.8) is 0 Å². The normalized spacial score (nSPS) is 12.5. The van der Waals surface area contributed by atoms with E-state index in [0.717, 1.165) is 17.7 Å². The second-order valence-electron chi connectivity index (χ2n) is 5.45. The van der Waals surface area contributed by atoms with Crippen LogP contribution in [0.4, 0.5) is 0 Å². The number of aromatic nitrogens is 2. The van der Waals surface area contributed by atoms with E-state index in [9.17, 15) is 0 Å². The van der Waals surface area contributed by atoms with Crippen LogP contribution in [0.2, 0.25) is 0 Å². The second-order valence-corrected chi connectivity index (χ2v) is 5.45. The molecule has 3 rings (SSSR count). The Morgan fingerprint density at radius 1 is 1.14 bits per heavy atom. The molecule has 0 saturated carbocycles. The Morgan fingerprint density at radius 2 is 1.91 bits per heavy atom. The van der Waals surface area contributed by atoms with Gasteiger partial charge in [-0.1, -0.05) is 30.3 Å². The van der Waals surface area contributed by atoms with Gasteiger partial charge in [-0.3, -0.25) is 4.68 Å². The minimum absolute atomic E-state index is 0.241. The third kappa shape index (κ3) is 2.70. The SMILES string of the molecule is COc1ccc([C@H](C)NCc2ccnn2C)c2ccccc12. The van der Waals surface area contributed by atoms with Gasteiger partial charge < -0.3 is 10.1 Å². The molecule has 2 aromatic carbocycles. The van der Waals surface area contributed by atoms with E-state index >= 15 is 0 Å². The highest BCUT2D eigenvalue weighted by atomic mass is 16.5. The van der Waals surface area contributed by atoms with E-state index < -0.39 is 0 Å². The fraction of sp³-hybridized carbons (Fsp3) is 0.278. The van der Waals surface area contributed by atoms with Crippen molar-refractivity contribution < 1.29 is 4.74 Å². The molecule has 0 amide bonds. The summed E-state index contributed by atoms with van der Waals surface area (Å²) >= 11 is 0. The highest BCUT2D eigenvalue weighted by Crippen LogP contribution is 2.31. The predicted octanol–water partition coefficient (Wildman–Crippen LogP) is 3.43. The van der Waals surface area contributed by atoms with Crippen molar-refractivity contribution in [2.75, 3.05) is 7.11 Å². The smallest absolute Gasteiger partial charge is 0.126 e. The van der Waals surface area contributed by atoms with Gasteiger partial charge in [0.1, 0.15) is 5.75 Å². The first kappa shape index (κ1) is 14.6. The number of benzene rings is 2. The maximum Gasteiger partial charge on any atom is 0.126 e. The molecule has 0 aliphatic carbocycles. The average molecular weight is 295 g/mol. The third-order valence-corrected chi connectivity index (χ3v) is 4.12. The van der Waals surface area contributed by atoms with Crippen LogP contribution >= 0.6 is 0 Å². The Hall–Kier alpha value is -2.33. The lowest BCUT2D eigenvalue weighted by atomic mass is 9.99. The second kappa shape index (κ2) is 6.20. The maximum atomic E-state index is 5.46. The van der Waals surface area contributed by atoms with Gasteiger partial charge in [0.05, 0.1) is 12.8 Å². The van der Waals surface area contributed by atoms with Gasteiger partial charge in [0, 0.05) is 31.2 Å². The number of hydrogen-bond acceptors (Lipinski definition) is 3. The van der Waals surface area contributed by atoms with Crippen molar-refractivity contribution in [1.82, 2.24) is 15.1 Å². The fourth-order valence-corrected chi connectivity index (χ4v) is 2.79. The molecule has 0 spiro atoms. The lowest BCUT2D eigenvalue weighted by Gasteiger charge is -2.18. The first-order valence-corrected chi connectivity index (χ1v) is 7.46. The number of hydrogen-bond donors (Lipinski definition) is 1. The van der Waals surface area contributed by atoms with E-state index in [1.165, 1.54) is 16.6 Å². The molecule has 0 saturated heterocycles. The zero-order chi connectivity index (χ0) is 15.5. The molecule has 0 bridgehead atoms. The van der Waals surface area contributed by atoms with Crippen LogP contribution in [-0.4, -0.2) is 16.9 Å². The monoisotopic (exact) mass is 295 g/mol. The zero-order valence-electron chi connectivity index (χ0n) is 13.2. The third-order valence-electron chi connectivity index (χ3n) is 4.12. The zero-order valence-corrected chi connectivity index (χ0v) is 13.2. The summed E-state index contributed by atoms with van der Waals surface area (Å²) in [5.41, 5.74) is 2.45. The maximum absolute atomic E-state index is 5.46. The summed E-state index contributed by atoms with van der Waals surface area (Å²) in [6.45, 7) is 2.97. The molecule has 3 aromatic rings. The van der Waals surface area contributed by atoms with E-state index in [1.807, 2.05) is 36.1 Å². The lowest BCUT2D eigenvalue weighted by molar-refractivity contribution is 0.419. The van der Waals surface area contributed by atoms with Gasteiger partial charge in [-0.05, 0) is 30.0 Å². The van der Waals surface area contributed by atoms with E-state index in [1.54, 1.807) is 7.11 Å². The van der Waals surface area contributed by atoms with Gasteiger partial charge in [-0.25, -0.2) is 0 Å².